The normalized spacial score (nSPS) is 18.1. The second-order valence-electron chi connectivity index (χ2n) is 5.60. The third-order valence-corrected chi connectivity index (χ3v) is 3.88. The van der Waals surface area contributed by atoms with Gasteiger partial charge in [-0.3, -0.25) is 9.48 Å². The van der Waals surface area contributed by atoms with E-state index in [-0.39, 0.29) is 12.0 Å². The van der Waals surface area contributed by atoms with E-state index in [1.807, 2.05) is 34.8 Å². The fraction of sp³-hybridized carbons (Fsp3) is 0.500. The van der Waals surface area contributed by atoms with Crippen molar-refractivity contribution in [2.75, 3.05) is 19.7 Å². The number of aryl methyl sites for hydroxylation is 2. The molecule has 7 nitrogen and oxygen atoms in total. The van der Waals surface area contributed by atoms with Crippen LogP contribution in [0.15, 0.2) is 30.7 Å². The first-order valence-electron chi connectivity index (χ1n) is 7.89. The third kappa shape index (κ3) is 4.13. The van der Waals surface area contributed by atoms with Crippen LogP contribution in [-0.4, -0.2) is 50.3 Å². The first kappa shape index (κ1) is 15.6. The van der Waals surface area contributed by atoms with Crippen LogP contribution in [-0.2, 0) is 16.1 Å². The number of ether oxygens (including phenoxy) is 1. The van der Waals surface area contributed by atoms with Crippen LogP contribution < -0.4 is 0 Å². The molecule has 23 heavy (non-hydrogen) atoms. The number of amides is 1. The van der Waals surface area contributed by atoms with Crippen molar-refractivity contribution in [2.24, 2.45) is 0 Å². The molecule has 1 atom stereocenters. The molecule has 122 valence electrons. The van der Waals surface area contributed by atoms with Gasteiger partial charge in [-0.25, -0.2) is 9.97 Å². The molecule has 0 spiro atoms. The van der Waals surface area contributed by atoms with E-state index in [9.17, 15) is 4.79 Å². The van der Waals surface area contributed by atoms with Gasteiger partial charge in [-0.15, -0.1) is 0 Å². The molecular weight excluding hydrogens is 294 g/mol. The molecule has 1 aliphatic rings. The summed E-state index contributed by atoms with van der Waals surface area (Å²) in [5.41, 5.74) is 0.839. The molecular formula is C16H21N5O2. The Labute approximate surface area is 135 Å². The summed E-state index contributed by atoms with van der Waals surface area (Å²) < 4.78 is 7.61. The number of aromatic nitrogens is 4. The Balaban J connectivity index is 1.52. The molecule has 0 bridgehead atoms. The van der Waals surface area contributed by atoms with Gasteiger partial charge in [0.15, 0.2) is 0 Å². The summed E-state index contributed by atoms with van der Waals surface area (Å²) in [4.78, 5) is 22.7. The predicted octanol–water partition coefficient (Wildman–Crippen LogP) is 1.36. The van der Waals surface area contributed by atoms with Crippen LogP contribution >= 0.6 is 0 Å². The van der Waals surface area contributed by atoms with Gasteiger partial charge in [-0.1, -0.05) is 0 Å². The minimum absolute atomic E-state index is 0.163. The highest BCUT2D eigenvalue weighted by Crippen LogP contribution is 2.21. The summed E-state index contributed by atoms with van der Waals surface area (Å²) >= 11 is 0. The topological polar surface area (TPSA) is 73.1 Å². The highest BCUT2D eigenvalue weighted by atomic mass is 16.5. The van der Waals surface area contributed by atoms with E-state index < -0.39 is 0 Å². The minimum Gasteiger partial charge on any atom is -0.368 e. The van der Waals surface area contributed by atoms with Crippen molar-refractivity contribution in [1.29, 1.82) is 0 Å². The number of hydrogen-bond acceptors (Lipinski definition) is 5. The molecule has 1 fully saturated rings. The van der Waals surface area contributed by atoms with Gasteiger partial charge in [0, 0.05) is 38.1 Å². The molecule has 1 aliphatic heterocycles. The van der Waals surface area contributed by atoms with Crippen LogP contribution in [0.4, 0.5) is 0 Å². The molecule has 0 unspecified atom stereocenters. The Morgan fingerprint density at radius 1 is 1.43 bits per heavy atom. The lowest BCUT2D eigenvalue weighted by molar-refractivity contribution is -0.139. The zero-order valence-electron chi connectivity index (χ0n) is 13.3. The molecule has 3 heterocycles. The third-order valence-electron chi connectivity index (χ3n) is 3.88. The van der Waals surface area contributed by atoms with Gasteiger partial charge in [0.05, 0.1) is 18.8 Å². The van der Waals surface area contributed by atoms with Crippen LogP contribution in [0.3, 0.4) is 0 Å². The van der Waals surface area contributed by atoms with E-state index in [0.29, 0.717) is 31.9 Å². The van der Waals surface area contributed by atoms with Crippen LogP contribution in [0.2, 0.25) is 0 Å². The van der Waals surface area contributed by atoms with Crippen molar-refractivity contribution >= 4 is 5.91 Å². The van der Waals surface area contributed by atoms with E-state index in [1.165, 1.54) is 0 Å². The zero-order chi connectivity index (χ0) is 16.1. The highest BCUT2D eigenvalue weighted by Gasteiger charge is 2.26. The highest BCUT2D eigenvalue weighted by molar-refractivity contribution is 5.76. The number of morpholine rings is 1. The Morgan fingerprint density at radius 3 is 3.13 bits per heavy atom. The first-order chi connectivity index (χ1) is 11.2. The fourth-order valence-corrected chi connectivity index (χ4v) is 2.69. The lowest BCUT2D eigenvalue weighted by Crippen LogP contribution is -2.42. The fourth-order valence-electron chi connectivity index (χ4n) is 2.69. The maximum atomic E-state index is 12.4. The largest absolute Gasteiger partial charge is 0.368 e. The van der Waals surface area contributed by atoms with Crippen molar-refractivity contribution < 1.29 is 9.53 Å². The molecule has 2 aromatic rings. The van der Waals surface area contributed by atoms with E-state index in [0.717, 1.165) is 18.7 Å². The Hall–Kier alpha value is -2.28. The molecule has 1 amide bonds. The Morgan fingerprint density at radius 2 is 2.35 bits per heavy atom. The van der Waals surface area contributed by atoms with Crippen molar-refractivity contribution in [3.05, 3.63) is 42.2 Å². The standard InChI is InChI=1S/C16H21N5O2/c1-13-17-7-5-14(19-13)15-12-20(10-11-23-15)16(22)4-2-8-21-9-3-6-18-21/h3,5-7,9,15H,2,4,8,10-12H2,1H3/t15-/m0/s1. The molecule has 0 aromatic carbocycles. The van der Waals surface area contributed by atoms with Gasteiger partial charge < -0.3 is 9.64 Å². The Kier molecular flexibility index (Phi) is 4.97. The summed E-state index contributed by atoms with van der Waals surface area (Å²) in [6.45, 7) is 4.35. The van der Waals surface area contributed by atoms with Crippen LogP contribution in [0.1, 0.15) is 30.5 Å². The summed E-state index contributed by atoms with van der Waals surface area (Å²) in [5.74, 6) is 0.880. The number of hydrogen-bond donors (Lipinski definition) is 0. The summed E-state index contributed by atoms with van der Waals surface area (Å²) in [7, 11) is 0. The molecule has 0 aliphatic carbocycles. The number of nitrogens with zero attached hydrogens (tertiary/aromatic N) is 5. The van der Waals surface area contributed by atoms with Gasteiger partial charge in [-0.05, 0) is 25.5 Å². The van der Waals surface area contributed by atoms with Crippen molar-refractivity contribution in [3.8, 4) is 0 Å². The van der Waals surface area contributed by atoms with Crippen LogP contribution in [0.25, 0.3) is 0 Å². The van der Waals surface area contributed by atoms with Gasteiger partial charge in [0.25, 0.3) is 0 Å². The van der Waals surface area contributed by atoms with Gasteiger partial charge in [0.1, 0.15) is 11.9 Å². The smallest absolute Gasteiger partial charge is 0.222 e. The van der Waals surface area contributed by atoms with Gasteiger partial charge in [0.2, 0.25) is 5.91 Å². The van der Waals surface area contributed by atoms with E-state index >= 15 is 0 Å². The summed E-state index contributed by atoms with van der Waals surface area (Å²) in [6, 6.07) is 3.74. The molecule has 0 saturated carbocycles. The van der Waals surface area contributed by atoms with Crippen LogP contribution in [0, 0.1) is 6.92 Å². The average molecular weight is 315 g/mol. The van der Waals surface area contributed by atoms with E-state index in [1.54, 1.807) is 12.4 Å². The maximum Gasteiger partial charge on any atom is 0.222 e. The first-order valence-corrected chi connectivity index (χ1v) is 7.89. The monoisotopic (exact) mass is 315 g/mol. The zero-order valence-corrected chi connectivity index (χ0v) is 13.3. The molecule has 2 aromatic heterocycles. The van der Waals surface area contributed by atoms with Crippen molar-refractivity contribution in [2.45, 2.75) is 32.4 Å². The molecule has 7 heteroatoms. The predicted molar refractivity (Wildman–Crippen MR) is 83.5 cm³/mol. The number of carbonyl (C=O) groups is 1. The second-order valence-corrected chi connectivity index (χ2v) is 5.60. The Bertz CT molecular complexity index is 644. The van der Waals surface area contributed by atoms with Gasteiger partial charge in [-0.2, -0.15) is 5.10 Å². The van der Waals surface area contributed by atoms with E-state index in [4.69, 9.17) is 4.74 Å². The summed E-state index contributed by atoms with van der Waals surface area (Å²) in [5, 5.41) is 4.14. The summed E-state index contributed by atoms with van der Waals surface area (Å²) in [6.07, 6.45) is 6.53. The molecule has 0 N–H and O–H groups in total. The average Bonchev–Trinajstić information content (AvgIpc) is 3.08. The second kappa shape index (κ2) is 7.32. The lowest BCUT2D eigenvalue weighted by atomic mass is 10.1. The maximum absolute atomic E-state index is 12.4. The molecule has 1 saturated heterocycles. The number of carbonyl (C=O) groups excluding carboxylic acids is 1. The quantitative estimate of drug-likeness (QED) is 0.833. The van der Waals surface area contributed by atoms with Crippen LogP contribution in [0.5, 0.6) is 0 Å². The lowest BCUT2D eigenvalue weighted by Gasteiger charge is -2.32. The molecule has 3 rings (SSSR count). The van der Waals surface area contributed by atoms with E-state index in [2.05, 4.69) is 15.1 Å². The molecule has 0 radical (unpaired) electrons. The van der Waals surface area contributed by atoms with Crippen molar-refractivity contribution in [3.63, 3.8) is 0 Å². The van der Waals surface area contributed by atoms with Crippen molar-refractivity contribution in [1.82, 2.24) is 24.6 Å². The van der Waals surface area contributed by atoms with Gasteiger partial charge >= 0.3 is 0 Å². The number of rotatable bonds is 5. The SMILES string of the molecule is Cc1nccc([C@@H]2CN(C(=O)CCCn3cccn3)CCO2)n1. The minimum atomic E-state index is -0.166.